The summed E-state index contributed by atoms with van der Waals surface area (Å²) in [5, 5.41) is 18.0. The predicted molar refractivity (Wildman–Crippen MR) is 74.1 cm³/mol. The zero-order valence-corrected chi connectivity index (χ0v) is 11.9. The van der Waals surface area contributed by atoms with Crippen molar-refractivity contribution < 1.29 is 0 Å². The number of aliphatic imine (C=N–C) groups is 2. The fourth-order valence-electron chi connectivity index (χ4n) is 0.802. The summed E-state index contributed by atoms with van der Waals surface area (Å²) in [4.78, 5) is 8.09. The molecular formula is C14H20N4. The Kier molecular flexibility index (Phi) is 5.46. The highest BCUT2D eigenvalue weighted by atomic mass is 14.8. The second-order valence-electron chi connectivity index (χ2n) is 6.17. The van der Waals surface area contributed by atoms with Crippen LogP contribution in [0.3, 0.4) is 0 Å². The molecule has 0 heterocycles. The largest absolute Gasteiger partial charge is 0.247 e. The zero-order chi connectivity index (χ0) is 14.4. The van der Waals surface area contributed by atoms with Gasteiger partial charge in [-0.1, -0.05) is 41.5 Å². The first-order chi connectivity index (χ1) is 8.09. The van der Waals surface area contributed by atoms with Crippen LogP contribution in [0.1, 0.15) is 41.5 Å². The van der Waals surface area contributed by atoms with E-state index in [2.05, 4.69) is 9.98 Å². The van der Waals surface area contributed by atoms with Gasteiger partial charge in [0.05, 0.1) is 0 Å². The van der Waals surface area contributed by atoms with Crippen LogP contribution in [-0.4, -0.2) is 12.4 Å². The minimum atomic E-state index is -0.142. The minimum Gasteiger partial charge on any atom is -0.247 e. The molecule has 0 N–H and O–H groups in total. The second kappa shape index (κ2) is 6.12. The van der Waals surface area contributed by atoms with Crippen molar-refractivity contribution in [1.29, 1.82) is 10.5 Å². The first kappa shape index (κ1) is 16.1. The second-order valence-corrected chi connectivity index (χ2v) is 6.17. The Morgan fingerprint density at radius 3 is 1.22 bits per heavy atom. The smallest absolute Gasteiger partial charge is 0.176 e. The molecular weight excluding hydrogens is 224 g/mol. The van der Waals surface area contributed by atoms with Crippen LogP contribution in [0.15, 0.2) is 21.4 Å². The maximum atomic E-state index is 9.01. The van der Waals surface area contributed by atoms with Crippen molar-refractivity contribution in [2.75, 3.05) is 0 Å². The van der Waals surface area contributed by atoms with Gasteiger partial charge in [-0.25, -0.2) is 9.98 Å². The third-order valence-corrected chi connectivity index (χ3v) is 1.60. The summed E-state index contributed by atoms with van der Waals surface area (Å²) in [6.45, 7) is 11.8. The van der Waals surface area contributed by atoms with Gasteiger partial charge in [0.25, 0.3) is 0 Å². The number of nitrogens with zero attached hydrogens (tertiary/aromatic N) is 4. The van der Waals surface area contributed by atoms with E-state index in [4.69, 9.17) is 10.5 Å². The van der Waals surface area contributed by atoms with E-state index in [1.165, 1.54) is 0 Å². The van der Waals surface area contributed by atoms with Crippen molar-refractivity contribution in [3.8, 4) is 12.1 Å². The lowest BCUT2D eigenvalue weighted by Gasteiger charge is -2.10. The van der Waals surface area contributed by atoms with Gasteiger partial charge in [-0.3, -0.25) is 0 Å². The molecule has 0 bridgehead atoms. The monoisotopic (exact) mass is 244 g/mol. The molecule has 0 spiro atoms. The molecule has 0 unspecified atom stereocenters. The molecule has 0 atom stereocenters. The number of hydrogen-bond acceptors (Lipinski definition) is 4. The highest BCUT2D eigenvalue weighted by molar-refractivity contribution is 5.69. The number of hydrogen-bond donors (Lipinski definition) is 0. The maximum absolute atomic E-state index is 9.01. The van der Waals surface area contributed by atoms with Gasteiger partial charge < -0.3 is 0 Å². The highest BCUT2D eigenvalue weighted by Gasteiger charge is 2.10. The molecule has 0 aliphatic carbocycles. The molecule has 0 saturated carbocycles. The average molecular weight is 244 g/mol. The van der Waals surface area contributed by atoms with Crippen LogP contribution in [0.25, 0.3) is 0 Å². The summed E-state index contributed by atoms with van der Waals surface area (Å²) in [7, 11) is 0. The van der Waals surface area contributed by atoms with Crippen LogP contribution >= 0.6 is 0 Å². The normalized spacial score (nSPS) is 14.4. The van der Waals surface area contributed by atoms with Crippen LogP contribution in [-0.2, 0) is 0 Å². The summed E-state index contributed by atoms with van der Waals surface area (Å²) in [5.41, 5.74) is -0.187. The Morgan fingerprint density at radius 2 is 1.06 bits per heavy atom. The van der Waals surface area contributed by atoms with Crippen molar-refractivity contribution in [3.63, 3.8) is 0 Å². The maximum Gasteiger partial charge on any atom is 0.176 e. The molecule has 18 heavy (non-hydrogen) atoms. The lowest BCUT2D eigenvalue weighted by Crippen LogP contribution is -2.07. The van der Waals surface area contributed by atoms with Gasteiger partial charge in [0, 0.05) is 12.4 Å². The van der Waals surface area contributed by atoms with Gasteiger partial charge in [0.1, 0.15) is 12.1 Å². The van der Waals surface area contributed by atoms with Crippen molar-refractivity contribution in [2.24, 2.45) is 20.8 Å². The van der Waals surface area contributed by atoms with E-state index >= 15 is 0 Å². The Balaban J connectivity index is 5.37. The van der Waals surface area contributed by atoms with E-state index in [0.717, 1.165) is 0 Å². The SMILES string of the molecule is CC(C)(C)C=N/C(C#N)=C(/C#N)N=CC(C)(C)C. The zero-order valence-electron chi connectivity index (χ0n) is 11.9. The fourth-order valence-corrected chi connectivity index (χ4v) is 0.802. The molecule has 0 aliphatic heterocycles. The Bertz CT molecular complexity index is 410. The van der Waals surface area contributed by atoms with E-state index in [9.17, 15) is 0 Å². The van der Waals surface area contributed by atoms with Gasteiger partial charge in [0.15, 0.2) is 11.4 Å². The lowest BCUT2D eigenvalue weighted by atomic mass is 9.99. The summed E-state index contributed by atoms with van der Waals surface area (Å²) in [5.74, 6) is 0. The van der Waals surface area contributed by atoms with Crippen LogP contribution in [0, 0.1) is 33.5 Å². The van der Waals surface area contributed by atoms with Crippen molar-refractivity contribution >= 4 is 12.4 Å². The molecule has 4 heteroatoms. The molecule has 0 radical (unpaired) electrons. The van der Waals surface area contributed by atoms with E-state index in [1.807, 2.05) is 53.7 Å². The summed E-state index contributed by atoms with van der Waals surface area (Å²) in [6.07, 6.45) is 3.30. The minimum absolute atomic E-state index is 0.0490. The van der Waals surface area contributed by atoms with Gasteiger partial charge in [-0.2, -0.15) is 10.5 Å². The standard InChI is InChI=1S/C14H20N4/c1-13(2,3)9-17-11(7-15)12(8-16)18-10-14(4,5)6/h9-10H,1-6H3/b12-11-,17-9?,18-10?. The average Bonchev–Trinajstić information content (AvgIpc) is 2.20. The Morgan fingerprint density at radius 1 is 0.778 bits per heavy atom. The van der Waals surface area contributed by atoms with Crippen LogP contribution in [0.4, 0.5) is 0 Å². The summed E-state index contributed by atoms with van der Waals surface area (Å²) < 4.78 is 0. The molecule has 0 aromatic carbocycles. The fraction of sp³-hybridized carbons (Fsp3) is 0.571. The Hall–Kier alpha value is -1.94. The van der Waals surface area contributed by atoms with Gasteiger partial charge in [-0.15, -0.1) is 0 Å². The molecule has 0 rings (SSSR count). The summed E-state index contributed by atoms with van der Waals surface area (Å²) >= 11 is 0. The molecule has 4 nitrogen and oxygen atoms in total. The van der Waals surface area contributed by atoms with Crippen molar-refractivity contribution in [1.82, 2.24) is 0 Å². The van der Waals surface area contributed by atoms with Crippen LogP contribution < -0.4 is 0 Å². The molecule has 0 aliphatic rings. The Labute approximate surface area is 109 Å². The molecule has 0 aromatic heterocycles. The van der Waals surface area contributed by atoms with Crippen LogP contribution in [0.2, 0.25) is 0 Å². The molecule has 96 valence electrons. The van der Waals surface area contributed by atoms with Gasteiger partial charge >= 0.3 is 0 Å². The summed E-state index contributed by atoms with van der Waals surface area (Å²) in [6, 6.07) is 3.81. The lowest BCUT2D eigenvalue weighted by molar-refractivity contribution is 0.605. The third kappa shape index (κ3) is 7.35. The topological polar surface area (TPSA) is 72.3 Å². The molecule has 0 fully saturated rings. The first-order valence-corrected chi connectivity index (χ1v) is 5.74. The first-order valence-electron chi connectivity index (χ1n) is 5.74. The third-order valence-electron chi connectivity index (χ3n) is 1.60. The molecule has 0 saturated heterocycles. The molecule has 0 aromatic rings. The van der Waals surface area contributed by atoms with Gasteiger partial charge in [-0.05, 0) is 10.8 Å². The van der Waals surface area contributed by atoms with E-state index in [1.54, 1.807) is 12.4 Å². The predicted octanol–water partition coefficient (Wildman–Crippen LogP) is 3.48. The van der Waals surface area contributed by atoms with E-state index < -0.39 is 0 Å². The van der Waals surface area contributed by atoms with Crippen molar-refractivity contribution in [2.45, 2.75) is 41.5 Å². The van der Waals surface area contributed by atoms with E-state index in [0.29, 0.717) is 0 Å². The molecule has 0 amide bonds. The van der Waals surface area contributed by atoms with E-state index in [-0.39, 0.29) is 22.2 Å². The van der Waals surface area contributed by atoms with Gasteiger partial charge in [0.2, 0.25) is 0 Å². The quantitative estimate of drug-likeness (QED) is 0.551. The number of rotatable bonds is 2. The number of nitriles is 2. The van der Waals surface area contributed by atoms with Crippen LogP contribution in [0.5, 0.6) is 0 Å². The number of allylic oxidation sites excluding steroid dienone is 2. The van der Waals surface area contributed by atoms with Crippen molar-refractivity contribution in [3.05, 3.63) is 11.4 Å². The highest BCUT2D eigenvalue weighted by Crippen LogP contribution is 2.14.